The van der Waals surface area contributed by atoms with Crippen molar-refractivity contribution in [3.05, 3.63) is 52.2 Å². The van der Waals surface area contributed by atoms with Crippen LogP contribution in [0, 0.1) is 0 Å². The van der Waals surface area contributed by atoms with Crippen molar-refractivity contribution in [3.63, 3.8) is 0 Å². The van der Waals surface area contributed by atoms with Gasteiger partial charge in [0.25, 0.3) is 14.0 Å². The Hall–Kier alpha value is -2.16. The Morgan fingerprint density at radius 3 is 2.61 bits per heavy atom. The van der Waals surface area contributed by atoms with Crippen molar-refractivity contribution in [2.45, 2.75) is 6.42 Å². The van der Waals surface area contributed by atoms with Crippen molar-refractivity contribution >= 4 is 36.9 Å². The van der Waals surface area contributed by atoms with Crippen LogP contribution in [0.15, 0.2) is 42.5 Å². The molecule has 2 rings (SSSR count). The minimum Gasteiger partial charge on any atom is -0.442 e. The number of hydroxylamine groups is 1. The second-order valence-corrected chi connectivity index (χ2v) is 5.93. The van der Waals surface area contributed by atoms with Crippen LogP contribution in [0.3, 0.4) is 0 Å². The molecule has 1 aromatic heterocycles. The van der Waals surface area contributed by atoms with Crippen molar-refractivity contribution in [1.82, 2.24) is 5.48 Å². The highest BCUT2D eigenvalue weighted by atomic mass is 32.1. The highest BCUT2D eigenvalue weighted by molar-refractivity contribution is 7.14. The van der Waals surface area contributed by atoms with Gasteiger partial charge in [-0.2, -0.15) is 0 Å². The number of carbonyl (C=O) groups is 2. The molecular formula is C15H17BN2O4S. The molecule has 0 saturated heterocycles. The summed E-state index contributed by atoms with van der Waals surface area (Å²) >= 11 is 1.18. The maximum Gasteiger partial charge on any atom is 0.284 e. The normalized spacial score (nSPS) is 10.3. The maximum absolute atomic E-state index is 12.6. The zero-order chi connectivity index (χ0) is 16.7. The summed E-state index contributed by atoms with van der Waals surface area (Å²) in [5, 5.41) is 8.63. The van der Waals surface area contributed by atoms with E-state index in [0.717, 1.165) is 10.6 Å². The van der Waals surface area contributed by atoms with E-state index in [1.165, 1.54) is 11.3 Å². The van der Waals surface area contributed by atoms with E-state index in [2.05, 4.69) is 0 Å². The lowest BCUT2D eigenvalue weighted by atomic mass is 10.2. The largest absolute Gasteiger partial charge is 0.442 e. The van der Waals surface area contributed by atoms with Gasteiger partial charge < -0.3 is 9.55 Å². The average Bonchev–Trinajstić information content (AvgIpc) is 3.04. The van der Waals surface area contributed by atoms with Crippen LogP contribution in [0.1, 0.15) is 14.5 Å². The van der Waals surface area contributed by atoms with Gasteiger partial charge in [-0.25, -0.2) is 5.48 Å². The first-order chi connectivity index (χ1) is 11.2. The Morgan fingerprint density at radius 2 is 1.96 bits per heavy atom. The van der Waals surface area contributed by atoms with E-state index in [1.54, 1.807) is 30.6 Å². The summed E-state index contributed by atoms with van der Waals surface area (Å²) in [5.74, 6) is -0.654. The number of anilines is 1. The van der Waals surface area contributed by atoms with Gasteiger partial charge in [0.15, 0.2) is 0 Å². The van der Waals surface area contributed by atoms with Crippen LogP contribution < -0.4 is 10.4 Å². The fraction of sp³-hybridized carbons (Fsp3) is 0.200. The molecule has 23 heavy (non-hydrogen) atoms. The second-order valence-electron chi connectivity index (χ2n) is 4.76. The molecule has 2 amide bonds. The Labute approximate surface area is 139 Å². The Kier molecular flexibility index (Phi) is 6.34. The van der Waals surface area contributed by atoms with Gasteiger partial charge in [0.2, 0.25) is 5.91 Å². The lowest BCUT2D eigenvalue weighted by Gasteiger charge is -2.22. The Balaban J connectivity index is 2.11. The zero-order valence-corrected chi connectivity index (χ0v) is 13.5. The van der Waals surface area contributed by atoms with Crippen molar-refractivity contribution < 1.29 is 19.5 Å². The first-order valence-corrected chi connectivity index (χ1v) is 7.85. The SMILES string of the molecule is BOCCN(C(=O)Cc1ccc(C(=O)NO)s1)c1ccccc1. The first kappa shape index (κ1) is 17.2. The number of carbonyl (C=O) groups excluding carboxylic acids is 2. The molecule has 1 aromatic carbocycles. The van der Waals surface area contributed by atoms with Crippen LogP contribution in [-0.4, -0.2) is 38.2 Å². The van der Waals surface area contributed by atoms with Crippen LogP contribution in [0.25, 0.3) is 0 Å². The molecule has 0 unspecified atom stereocenters. The molecule has 0 radical (unpaired) electrons. The molecular weight excluding hydrogens is 315 g/mol. The highest BCUT2D eigenvalue weighted by Gasteiger charge is 2.17. The van der Waals surface area contributed by atoms with Crippen LogP contribution in [0.5, 0.6) is 0 Å². The quantitative estimate of drug-likeness (QED) is 0.451. The number of para-hydroxylation sites is 1. The van der Waals surface area contributed by atoms with Crippen LogP contribution in [0.4, 0.5) is 5.69 Å². The summed E-state index contributed by atoms with van der Waals surface area (Å²) in [6, 6.07) is 12.7. The summed E-state index contributed by atoms with van der Waals surface area (Å²) in [4.78, 5) is 26.7. The van der Waals surface area contributed by atoms with E-state index >= 15 is 0 Å². The van der Waals surface area contributed by atoms with Crippen LogP contribution >= 0.6 is 11.3 Å². The smallest absolute Gasteiger partial charge is 0.284 e. The molecule has 0 aliphatic carbocycles. The summed E-state index contributed by atoms with van der Waals surface area (Å²) in [7, 11) is 1.59. The molecule has 0 fully saturated rings. The number of thiophene rings is 1. The number of nitrogens with zero attached hydrogens (tertiary/aromatic N) is 1. The summed E-state index contributed by atoms with van der Waals surface area (Å²) in [5.41, 5.74) is 2.39. The van der Waals surface area contributed by atoms with E-state index < -0.39 is 5.91 Å². The average molecular weight is 332 g/mol. The van der Waals surface area contributed by atoms with Gasteiger partial charge in [-0.3, -0.25) is 14.8 Å². The van der Waals surface area contributed by atoms with Gasteiger partial charge in [-0.15, -0.1) is 11.3 Å². The van der Waals surface area contributed by atoms with Gasteiger partial charge in [0.1, 0.15) is 0 Å². The third-order valence-corrected chi connectivity index (χ3v) is 4.28. The lowest BCUT2D eigenvalue weighted by molar-refractivity contribution is -0.118. The lowest BCUT2D eigenvalue weighted by Crippen LogP contribution is -2.35. The van der Waals surface area contributed by atoms with E-state index in [1.807, 2.05) is 30.3 Å². The molecule has 6 nitrogen and oxygen atoms in total. The third-order valence-electron chi connectivity index (χ3n) is 3.20. The van der Waals surface area contributed by atoms with Gasteiger partial charge in [-0.05, 0) is 24.3 Å². The van der Waals surface area contributed by atoms with Crippen molar-refractivity contribution in [3.8, 4) is 0 Å². The minimum absolute atomic E-state index is 0.0777. The fourth-order valence-corrected chi connectivity index (χ4v) is 2.97. The fourth-order valence-electron chi connectivity index (χ4n) is 2.08. The molecule has 8 heteroatoms. The molecule has 0 aliphatic heterocycles. The Bertz CT molecular complexity index is 663. The Morgan fingerprint density at radius 1 is 1.22 bits per heavy atom. The van der Waals surface area contributed by atoms with Gasteiger partial charge in [0, 0.05) is 23.7 Å². The third kappa shape index (κ3) is 4.66. The molecule has 120 valence electrons. The number of amides is 2. The molecule has 0 saturated carbocycles. The van der Waals surface area contributed by atoms with E-state index in [4.69, 9.17) is 9.86 Å². The number of benzene rings is 1. The molecule has 1 heterocycles. The summed E-state index contributed by atoms with van der Waals surface area (Å²) in [6.07, 6.45) is 0.183. The van der Waals surface area contributed by atoms with Crippen molar-refractivity contribution in [2.24, 2.45) is 0 Å². The summed E-state index contributed by atoms with van der Waals surface area (Å²) in [6.45, 7) is 0.887. The van der Waals surface area contributed by atoms with Gasteiger partial charge in [-0.1, -0.05) is 18.2 Å². The van der Waals surface area contributed by atoms with Gasteiger partial charge in [0.05, 0.1) is 11.3 Å². The molecule has 0 bridgehead atoms. The molecule has 2 aromatic rings. The maximum atomic E-state index is 12.6. The highest BCUT2D eigenvalue weighted by Crippen LogP contribution is 2.20. The molecule has 0 atom stereocenters. The first-order valence-electron chi connectivity index (χ1n) is 7.03. The summed E-state index contributed by atoms with van der Waals surface area (Å²) < 4.78 is 5.07. The predicted molar refractivity (Wildman–Crippen MR) is 90.6 cm³/mol. The van der Waals surface area contributed by atoms with Crippen LogP contribution in [0.2, 0.25) is 0 Å². The second kappa shape index (κ2) is 8.47. The number of hydrogen-bond acceptors (Lipinski definition) is 5. The standard InChI is InChI=1S/C15H17BN2O4S/c16-22-9-8-18(11-4-2-1-3-5-11)14(19)10-12-6-7-13(23-12)15(20)17-21/h1-7,21H,8-10,16H2,(H,17,20). The number of nitrogens with one attached hydrogen (secondary N) is 1. The van der Waals surface area contributed by atoms with E-state index in [-0.39, 0.29) is 12.3 Å². The minimum atomic E-state index is -0.576. The topological polar surface area (TPSA) is 78.9 Å². The number of rotatable bonds is 7. The van der Waals surface area contributed by atoms with Crippen molar-refractivity contribution in [1.29, 1.82) is 0 Å². The molecule has 0 spiro atoms. The monoisotopic (exact) mass is 332 g/mol. The molecule has 0 aliphatic rings. The van der Waals surface area contributed by atoms with Crippen LogP contribution in [-0.2, 0) is 15.9 Å². The van der Waals surface area contributed by atoms with E-state index in [9.17, 15) is 9.59 Å². The van der Waals surface area contributed by atoms with E-state index in [0.29, 0.717) is 18.0 Å². The zero-order valence-electron chi connectivity index (χ0n) is 12.7. The van der Waals surface area contributed by atoms with Crippen molar-refractivity contribution in [2.75, 3.05) is 18.1 Å². The number of hydrogen-bond donors (Lipinski definition) is 2. The predicted octanol–water partition coefficient (Wildman–Crippen LogP) is 1.01. The van der Waals surface area contributed by atoms with Gasteiger partial charge >= 0.3 is 0 Å². The molecule has 2 N–H and O–H groups in total.